The van der Waals surface area contributed by atoms with Gasteiger partial charge in [0.2, 0.25) is 0 Å². The molecule has 0 spiro atoms. The van der Waals surface area contributed by atoms with Gasteiger partial charge in [-0.2, -0.15) is 0 Å². The van der Waals surface area contributed by atoms with E-state index in [0.29, 0.717) is 6.04 Å². The Balaban J connectivity index is 1.71. The van der Waals surface area contributed by atoms with E-state index in [9.17, 15) is 0 Å². The van der Waals surface area contributed by atoms with Gasteiger partial charge in [0.25, 0.3) is 0 Å². The van der Waals surface area contributed by atoms with Gasteiger partial charge in [0.05, 0.1) is 0 Å². The van der Waals surface area contributed by atoms with Crippen LogP contribution in [0.1, 0.15) is 5.56 Å². The minimum Gasteiger partial charge on any atom is -0.487 e. The third-order valence-electron chi connectivity index (χ3n) is 3.72. The summed E-state index contributed by atoms with van der Waals surface area (Å²) in [7, 11) is 2.01. The molecule has 1 N–H and O–H groups in total. The molecular weight excluding hydrogens is 346 g/mol. The second-order valence-electron chi connectivity index (χ2n) is 5.14. The molecule has 0 aromatic heterocycles. The van der Waals surface area contributed by atoms with Crippen molar-refractivity contribution < 1.29 is 4.74 Å². The van der Waals surface area contributed by atoms with Crippen LogP contribution in [-0.4, -0.2) is 24.9 Å². The number of thioether (sulfide) groups is 1. The molecule has 0 aliphatic carbocycles. The van der Waals surface area contributed by atoms with Gasteiger partial charge in [-0.05, 0) is 43.3 Å². The first-order chi connectivity index (χ1) is 10.3. The molecule has 0 amide bonds. The van der Waals surface area contributed by atoms with E-state index in [-0.39, 0.29) is 6.10 Å². The Morgan fingerprint density at radius 3 is 2.76 bits per heavy atom. The van der Waals surface area contributed by atoms with Crippen LogP contribution in [0.4, 0.5) is 0 Å². The van der Waals surface area contributed by atoms with Crippen LogP contribution in [0.2, 0.25) is 0 Å². The van der Waals surface area contributed by atoms with Crippen molar-refractivity contribution in [2.45, 2.75) is 23.5 Å². The zero-order chi connectivity index (χ0) is 14.7. The molecule has 1 aliphatic heterocycles. The van der Waals surface area contributed by atoms with Gasteiger partial charge in [-0.3, -0.25) is 0 Å². The molecule has 0 radical (unpaired) electrons. The molecule has 0 bridgehead atoms. The summed E-state index contributed by atoms with van der Waals surface area (Å²) in [4.78, 5) is 1.24. The number of rotatable bonds is 4. The predicted octanol–water partition coefficient (Wildman–Crippen LogP) is 4.13. The van der Waals surface area contributed by atoms with Gasteiger partial charge < -0.3 is 10.1 Å². The Kier molecular flexibility index (Phi) is 4.88. The lowest BCUT2D eigenvalue weighted by Gasteiger charge is -2.31. The van der Waals surface area contributed by atoms with E-state index in [0.717, 1.165) is 22.4 Å². The molecule has 2 nitrogen and oxygen atoms in total. The number of ether oxygens (including phenoxy) is 1. The number of likely N-dealkylation sites (N-methyl/N-ethyl adjacent to an activating group) is 1. The lowest BCUT2D eigenvalue weighted by Crippen LogP contribution is -2.45. The van der Waals surface area contributed by atoms with Gasteiger partial charge in [-0.25, -0.2) is 0 Å². The number of fused-ring (bicyclic) bond motifs is 1. The number of para-hydroxylation sites is 1. The predicted molar refractivity (Wildman–Crippen MR) is 92.3 cm³/mol. The number of benzene rings is 2. The fourth-order valence-corrected chi connectivity index (χ4v) is 3.87. The molecule has 21 heavy (non-hydrogen) atoms. The Bertz CT molecular complexity index is 602. The standard InChI is InChI=1S/C17H18BrNOS/c1-19-14(10-12-6-8-13(18)9-7-12)16-11-21-17-5-3-2-4-15(17)20-16/h2-9,14,16,19H,10-11H2,1H3. The van der Waals surface area contributed by atoms with E-state index >= 15 is 0 Å². The first-order valence-corrected chi connectivity index (χ1v) is 8.84. The SMILES string of the molecule is CNC(Cc1ccc(Br)cc1)C1CSc2ccccc2O1. The average molecular weight is 364 g/mol. The largest absolute Gasteiger partial charge is 0.487 e. The van der Waals surface area contributed by atoms with Crippen LogP contribution in [0.25, 0.3) is 0 Å². The van der Waals surface area contributed by atoms with Crippen LogP contribution in [0, 0.1) is 0 Å². The summed E-state index contributed by atoms with van der Waals surface area (Å²) in [6.07, 6.45) is 1.16. The summed E-state index contributed by atoms with van der Waals surface area (Å²) in [5.74, 6) is 1.99. The highest BCUT2D eigenvalue weighted by atomic mass is 79.9. The van der Waals surface area contributed by atoms with E-state index in [1.54, 1.807) is 0 Å². The van der Waals surface area contributed by atoms with E-state index in [1.165, 1.54) is 10.5 Å². The Morgan fingerprint density at radius 2 is 2.00 bits per heavy atom. The second kappa shape index (κ2) is 6.86. The maximum Gasteiger partial charge on any atom is 0.133 e. The Hall–Kier alpha value is -0.970. The van der Waals surface area contributed by atoms with Gasteiger partial charge in [-0.1, -0.05) is 40.2 Å². The highest BCUT2D eigenvalue weighted by Crippen LogP contribution is 2.36. The van der Waals surface area contributed by atoms with Crippen LogP contribution in [0.5, 0.6) is 5.75 Å². The lowest BCUT2D eigenvalue weighted by molar-refractivity contribution is 0.169. The van der Waals surface area contributed by atoms with Crippen LogP contribution >= 0.6 is 27.7 Å². The molecule has 3 rings (SSSR count). The monoisotopic (exact) mass is 363 g/mol. The third-order valence-corrected chi connectivity index (χ3v) is 5.39. The summed E-state index contributed by atoms with van der Waals surface area (Å²) in [6, 6.07) is 17.1. The first-order valence-electron chi connectivity index (χ1n) is 7.06. The molecule has 2 aromatic carbocycles. The minimum atomic E-state index is 0.193. The number of halogens is 1. The van der Waals surface area contributed by atoms with Gasteiger partial charge in [-0.15, -0.1) is 11.8 Å². The van der Waals surface area contributed by atoms with Gasteiger partial charge in [0, 0.05) is 21.2 Å². The van der Waals surface area contributed by atoms with Crippen LogP contribution in [0.3, 0.4) is 0 Å². The topological polar surface area (TPSA) is 21.3 Å². The molecule has 2 aromatic rings. The van der Waals surface area contributed by atoms with Crippen molar-refractivity contribution in [3.8, 4) is 5.75 Å². The van der Waals surface area contributed by atoms with Crippen molar-refractivity contribution in [2.24, 2.45) is 0 Å². The molecule has 0 fully saturated rings. The quantitative estimate of drug-likeness (QED) is 0.881. The van der Waals surface area contributed by atoms with Crippen LogP contribution < -0.4 is 10.1 Å². The maximum atomic E-state index is 6.19. The van der Waals surface area contributed by atoms with Crippen LogP contribution in [0.15, 0.2) is 57.9 Å². The highest BCUT2D eigenvalue weighted by molar-refractivity contribution is 9.10. The van der Waals surface area contributed by atoms with Crippen molar-refractivity contribution in [1.82, 2.24) is 5.32 Å². The normalized spacial score (nSPS) is 18.7. The number of nitrogens with one attached hydrogen (secondary N) is 1. The summed E-state index contributed by atoms with van der Waals surface area (Å²) in [5, 5.41) is 3.42. The van der Waals surface area contributed by atoms with Crippen molar-refractivity contribution in [3.05, 3.63) is 58.6 Å². The van der Waals surface area contributed by atoms with Crippen LogP contribution in [-0.2, 0) is 6.42 Å². The number of hydrogen-bond acceptors (Lipinski definition) is 3. The third kappa shape index (κ3) is 3.62. The van der Waals surface area contributed by atoms with E-state index in [1.807, 2.05) is 24.9 Å². The summed E-state index contributed by atoms with van der Waals surface area (Å²) in [6.45, 7) is 0. The maximum absolute atomic E-state index is 6.19. The fourth-order valence-electron chi connectivity index (χ4n) is 2.53. The minimum absolute atomic E-state index is 0.193. The molecule has 2 atom stereocenters. The highest BCUT2D eigenvalue weighted by Gasteiger charge is 2.27. The van der Waals surface area contributed by atoms with Gasteiger partial charge in [0.1, 0.15) is 11.9 Å². The molecule has 2 unspecified atom stereocenters. The Morgan fingerprint density at radius 1 is 1.24 bits per heavy atom. The smallest absolute Gasteiger partial charge is 0.133 e. The molecule has 0 saturated heterocycles. The summed E-state index contributed by atoms with van der Waals surface area (Å²) >= 11 is 5.36. The molecular formula is C17H18BrNOS. The fraction of sp³-hybridized carbons (Fsp3) is 0.294. The van der Waals surface area contributed by atoms with Crippen molar-refractivity contribution >= 4 is 27.7 Å². The van der Waals surface area contributed by atoms with E-state index < -0.39 is 0 Å². The summed E-state index contributed by atoms with van der Waals surface area (Å²) < 4.78 is 7.30. The van der Waals surface area contributed by atoms with Crippen molar-refractivity contribution in [2.75, 3.05) is 12.8 Å². The molecule has 1 heterocycles. The van der Waals surface area contributed by atoms with Crippen molar-refractivity contribution in [3.63, 3.8) is 0 Å². The number of hydrogen-bond donors (Lipinski definition) is 1. The van der Waals surface area contributed by atoms with Crippen molar-refractivity contribution in [1.29, 1.82) is 0 Å². The molecule has 110 valence electrons. The second-order valence-corrected chi connectivity index (χ2v) is 7.12. The van der Waals surface area contributed by atoms with E-state index in [4.69, 9.17) is 4.74 Å². The zero-order valence-corrected chi connectivity index (χ0v) is 14.3. The van der Waals surface area contributed by atoms with E-state index in [2.05, 4.69) is 63.7 Å². The zero-order valence-electron chi connectivity index (χ0n) is 11.9. The molecule has 0 saturated carbocycles. The Labute approximate surface area is 138 Å². The lowest BCUT2D eigenvalue weighted by atomic mass is 10.0. The molecule has 1 aliphatic rings. The first kappa shape index (κ1) is 14.9. The summed E-state index contributed by atoms with van der Waals surface area (Å²) in [5.41, 5.74) is 1.32. The van der Waals surface area contributed by atoms with Gasteiger partial charge in [0.15, 0.2) is 0 Å². The molecule has 4 heteroatoms. The van der Waals surface area contributed by atoms with Gasteiger partial charge >= 0.3 is 0 Å². The average Bonchev–Trinajstić information content (AvgIpc) is 2.54.